The number of aromatic amines is 1. The Morgan fingerprint density at radius 1 is 0.875 bits per heavy atom. The highest BCUT2D eigenvalue weighted by Crippen LogP contribution is 2.43. The summed E-state index contributed by atoms with van der Waals surface area (Å²) in [5, 5.41) is 8.29. The molecule has 2 heterocycles. The summed E-state index contributed by atoms with van der Waals surface area (Å²) < 4.78 is 11.3. The molecule has 1 aliphatic rings. The topological polar surface area (TPSA) is 67.5 Å². The van der Waals surface area contributed by atoms with E-state index < -0.39 is 0 Å². The molecule has 200 valence electrons. The van der Waals surface area contributed by atoms with Crippen molar-refractivity contribution in [1.82, 2.24) is 15.1 Å². The molecule has 0 bridgehead atoms. The molecule has 0 saturated heterocycles. The van der Waals surface area contributed by atoms with Gasteiger partial charge in [-0.2, -0.15) is 5.10 Å². The molecule has 1 unspecified atom stereocenters. The first kappa shape index (κ1) is 25.7. The number of carbonyl (C=O) groups excluding carboxylic acids is 1. The zero-order valence-corrected chi connectivity index (χ0v) is 22.8. The van der Waals surface area contributed by atoms with Crippen LogP contribution in [0.2, 0.25) is 5.02 Å². The molecule has 0 radical (unpaired) electrons. The minimum Gasteiger partial charge on any atom is -0.497 e. The molecule has 0 aliphatic carbocycles. The highest BCUT2D eigenvalue weighted by Gasteiger charge is 2.41. The summed E-state index contributed by atoms with van der Waals surface area (Å²) in [5.74, 6) is 1.49. The largest absolute Gasteiger partial charge is 0.497 e. The maximum atomic E-state index is 13.7. The van der Waals surface area contributed by atoms with Crippen molar-refractivity contribution in [2.75, 3.05) is 13.7 Å². The Balaban J connectivity index is 1.30. The van der Waals surface area contributed by atoms with E-state index in [1.165, 1.54) is 0 Å². The molecule has 7 heteroatoms. The number of aromatic nitrogens is 2. The lowest BCUT2D eigenvalue weighted by Gasteiger charge is -2.26. The number of hydrogen-bond acceptors (Lipinski definition) is 4. The molecule has 0 fully saturated rings. The summed E-state index contributed by atoms with van der Waals surface area (Å²) in [4.78, 5) is 15.6. The van der Waals surface area contributed by atoms with Crippen LogP contribution in [0.5, 0.6) is 11.5 Å². The second-order valence-corrected chi connectivity index (χ2v) is 10.1. The number of nitrogens with zero attached hydrogens (tertiary/aromatic N) is 2. The van der Waals surface area contributed by atoms with Crippen LogP contribution in [-0.4, -0.2) is 34.7 Å². The van der Waals surface area contributed by atoms with Gasteiger partial charge >= 0.3 is 0 Å². The molecule has 1 aliphatic heterocycles. The Hall–Kier alpha value is -4.55. The van der Waals surface area contributed by atoms with Crippen LogP contribution < -0.4 is 9.47 Å². The summed E-state index contributed by atoms with van der Waals surface area (Å²) in [6.45, 7) is 0.927. The number of H-pyrrole nitrogens is 1. The van der Waals surface area contributed by atoms with Gasteiger partial charge in [0, 0.05) is 28.3 Å². The van der Waals surface area contributed by atoms with Crippen LogP contribution in [-0.2, 0) is 13.0 Å². The van der Waals surface area contributed by atoms with Gasteiger partial charge in [-0.05, 0) is 47.9 Å². The van der Waals surface area contributed by atoms with Crippen LogP contribution >= 0.6 is 11.6 Å². The summed E-state index contributed by atoms with van der Waals surface area (Å²) >= 11 is 6.29. The zero-order chi connectivity index (χ0) is 27.5. The monoisotopic (exact) mass is 549 g/mol. The Kier molecular flexibility index (Phi) is 7.25. The van der Waals surface area contributed by atoms with Crippen molar-refractivity contribution in [2.45, 2.75) is 19.1 Å². The Labute approximate surface area is 238 Å². The van der Waals surface area contributed by atoms with Gasteiger partial charge in [-0.1, -0.05) is 84.4 Å². The number of nitrogens with one attached hydrogen (secondary N) is 1. The predicted octanol–water partition coefficient (Wildman–Crippen LogP) is 7.11. The van der Waals surface area contributed by atoms with Crippen LogP contribution in [0.3, 0.4) is 0 Å². The van der Waals surface area contributed by atoms with Crippen molar-refractivity contribution in [3.8, 4) is 22.8 Å². The lowest BCUT2D eigenvalue weighted by molar-refractivity contribution is 0.0746. The molecule has 0 spiro atoms. The Morgan fingerprint density at radius 2 is 1.57 bits per heavy atom. The van der Waals surface area contributed by atoms with Crippen LogP contribution in [0.25, 0.3) is 11.3 Å². The molecule has 1 atom stereocenters. The third kappa shape index (κ3) is 5.06. The minimum atomic E-state index is -0.285. The van der Waals surface area contributed by atoms with Crippen molar-refractivity contribution < 1.29 is 14.3 Å². The van der Waals surface area contributed by atoms with Crippen LogP contribution in [0.4, 0.5) is 0 Å². The summed E-state index contributed by atoms with van der Waals surface area (Å²) in [6, 6.07) is 33.2. The average Bonchev–Trinajstić information content (AvgIpc) is 3.55. The molecule has 0 saturated carbocycles. The van der Waals surface area contributed by atoms with Gasteiger partial charge in [0.15, 0.2) is 0 Å². The standard InChI is InChI=1S/C33H28ClN3O3/c1-39-26-15-11-22(12-16-26)19-20-37-32(29-30(23-7-3-2-4-8-23)35-36-31(29)33(37)38)24-13-17-27(18-14-24)40-21-25-9-5-6-10-28(25)34/h2-18,32H,19-21H2,1H3,(H,35,36). The number of ether oxygens (including phenoxy) is 2. The van der Waals surface area contributed by atoms with Crippen molar-refractivity contribution >= 4 is 17.5 Å². The SMILES string of the molecule is COc1ccc(CCN2C(=O)c3[nH]nc(-c4ccccc4)c3C2c2ccc(OCc3ccccc3Cl)cc2)cc1. The Morgan fingerprint density at radius 3 is 2.30 bits per heavy atom. The number of amides is 1. The quantitative estimate of drug-likeness (QED) is 0.213. The van der Waals surface area contributed by atoms with E-state index in [9.17, 15) is 4.79 Å². The molecule has 1 N–H and O–H groups in total. The highest BCUT2D eigenvalue weighted by molar-refractivity contribution is 6.31. The van der Waals surface area contributed by atoms with Gasteiger partial charge in [0.2, 0.25) is 0 Å². The van der Waals surface area contributed by atoms with Gasteiger partial charge in [-0.25, -0.2) is 0 Å². The van der Waals surface area contributed by atoms with Crippen LogP contribution in [0.15, 0.2) is 103 Å². The number of hydrogen-bond donors (Lipinski definition) is 1. The minimum absolute atomic E-state index is 0.0535. The van der Waals surface area contributed by atoms with E-state index in [0.29, 0.717) is 30.3 Å². The summed E-state index contributed by atoms with van der Waals surface area (Å²) in [6.07, 6.45) is 0.712. The normalized spacial score (nSPS) is 14.3. The lowest BCUT2D eigenvalue weighted by Crippen LogP contribution is -2.31. The van der Waals surface area contributed by atoms with Gasteiger partial charge in [0.25, 0.3) is 5.91 Å². The number of carbonyl (C=O) groups is 1. The first-order chi connectivity index (χ1) is 19.6. The van der Waals surface area contributed by atoms with E-state index in [1.54, 1.807) is 7.11 Å². The molecular weight excluding hydrogens is 522 g/mol. The smallest absolute Gasteiger partial charge is 0.273 e. The van der Waals surface area contributed by atoms with E-state index in [0.717, 1.165) is 45.0 Å². The third-order valence-corrected chi connectivity index (χ3v) is 7.63. The number of fused-ring (bicyclic) bond motifs is 1. The Bertz CT molecular complexity index is 1620. The lowest BCUT2D eigenvalue weighted by atomic mass is 9.96. The number of rotatable bonds is 9. The van der Waals surface area contributed by atoms with Crippen LogP contribution in [0, 0.1) is 0 Å². The summed E-state index contributed by atoms with van der Waals surface area (Å²) in [7, 11) is 1.65. The van der Waals surface area contributed by atoms with E-state index >= 15 is 0 Å². The second-order valence-electron chi connectivity index (χ2n) is 9.68. The molecular formula is C33H28ClN3O3. The van der Waals surface area contributed by atoms with Gasteiger partial charge in [-0.15, -0.1) is 0 Å². The van der Waals surface area contributed by atoms with Crippen molar-refractivity contribution in [3.05, 3.63) is 136 Å². The molecule has 5 aromatic rings. The average molecular weight is 550 g/mol. The molecule has 6 rings (SSSR count). The first-order valence-corrected chi connectivity index (χ1v) is 13.5. The fourth-order valence-electron chi connectivity index (χ4n) is 5.15. The van der Waals surface area contributed by atoms with Gasteiger partial charge in [0.05, 0.1) is 18.8 Å². The fourth-order valence-corrected chi connectivity index (χ4v) is 5.34. The fraction of sp³-hybridized carbons (Fsp3) is 0.152. The number of halogens is 1. The third-order valence-electron chi connectivity index (χ3n) is 7.26. The molecule has 1 aromatic heterocycles. The van der Waals surface area contributed by atoms with Gasteiger partial charge in [-0.3, -0.25) is 9.89 Å². The number of methoxy groups -OCH3 is 1. The van der Waals surface area contributed by atoms with Crippen molar-refractivity contribution in [1.29, 1.82) is 0 Å². The molecule has 40 heavy (non-hydrogen) atoms. The van der Waals surface area contributed by atoms with Gasteiger partial charge in [0.1, 0.15) is 23.8 Å². The van der Waals surface area contributed by atoms with E-state index in [-0.39, 0.29) is 11.9 Å². The van der Waals surface area contributed by atoms with E-state index in [1.807, 2.05) is 108 Å². The maximum absolute atomic E-state index is 13.7. The number of benzene rings is 4. The zero-order valence-electron chi connectivity index (χ0n) is 22.0. The van der Waals surface area contributed by atoms with Crippen molar-refractivity contribution in [2.24, 2.45) is 0 Å². The maximum Gasteiger partial charge on any atom is 0.273 e. The molecule has 6 nitrogen and oxygen atoms in total. The van der Waals surface area contributed by atoms with Gasteiger partial charge < -0.3 is 14.4 Å². The second kappa shape index (κ2) is 11.3. The van der Waals surface area contributed by atoms with Crippen LogP contribution in [0.1, 0.15) is 38.8 Å². The van der Waals surface area contributed by atoms with E-state index in [4.69, 9.17) is 21.1 Å². The highest BCUT2D eigenvalue weighted by atomic mass is 35.5. The predicted molar refractivity (Wildman–Crippen MR) is 156 cm³/mol. The molecule has 1 amide bonds. The molecule has 4 aromatic carbocycles. The van der Waals surface area contributed by atoms with Crippen molar-refractivity contribution in [3.63, 3.8) is 0 Å². The van der Waals surface area contributed by atoms with E-state index in [2.05, 4.69) is 10.2 Å². The first-order valence-electron chi connectivity index (χ1n) is 13.2. The summed E-state index contributed by atoms with van der Waals surface area (Å²) in [5.41, 5.74) is 6.25.